The molecule has 5 heteroatoms. The van der Waals surface area contributed by atoms with E-state index in [-0.39, 0.29) is 0 Å². The zero-order chi connectivity index (χ0) is 13.1. The first-order valence-electron chi connectivity index (χ1n) is 5.46. The van der Waals surface area contributed by atoms with E-state index in [1.807, 2.05) is 27.7 Å². The topological polar surface area (TPSA) is 61.6 Å². The number of thioether (sulfide) groups is 1. The van der Waals surface area contributed by atoms with Crippen LogP contribution in [0.3, 0.4) is 0 Å². The van der Waals surface area contributed by atoms with E-state index in [9.17, 15) is 0 Å². The van der Waals surface area contributed by atoms with Gasteiger partial charge in [0.2, 0.25) is 0 Å². The van der Waals surface area contributed by atoms with Crippen LogP contribution in [-0.4, -0.2) is 28.3 Å². The highest BCUT2D eigenvalue weighted by atomic mass is 32.2. The molecule has 0 aliphatic rings. The van der Waals surface area contributed by atoms with Crippen LogP contribution in [-0.2, 0) is 0 Å². The molecule has 1 aromatic heterocycles. The van der Waals surface area contributed by atoms with Gasteiger partial charge in [0.15, 0.2) is 5.16 Å². The predicted octanol–water partition coefficient (Wildman–Crippen LogP) is 2.00. The summed E-state index contributed by atoms with van der Waals surface area (Å²) >= 11 is 1.51. The lowest BCUT2D eigenvalue weighted by atomic mass is 10.1. The average Bonchev–Trinajstić information content (AvgIpc) is 2.32. The molecule has 0 amide bonds. The molecule has 0 saturated heterocycles. The van der Waals surface area contributed by atoms with Gasteiger partial charge in [-0.3, -0.25) is 0 Å². The Morgan fingerprint density at radius 3 is 2.24 bits per heavy atom. The molecule has 0 bridgehead atoms. The van der Waals surface area contributed by atoms with Crippen LogP contribution in [0.4, 0.5) is 0 Å². The molecule has 4 nitrogen and oxygen atoms in total. The van der Waals surface area contributed by atoms with Gasteiger partial charge in [0.05, 0.1) is 6.07 Å². The molecule has 1 N–H and O–H groups in total. The van der Waals surface area contributed by atoms with Crippen molar-refractivity contribution in [1.82, 2.24) is 15.3 Å². The van der Waals surface area contributed by atoms with Crippen LogP contribution in [0, 0.1) is 32.1 Å². The molecule has 1 atom stereocenters. The summed E-state index contributed by atoms with van der Waals surface area (Å²) in [5.74, 6) is 0.627. The smallest absolute Gasteiger partial charge is 0.188 e. The van der Waals surface area contributed by atoms with Crippen LogP contribution in [0.15, 0.2) is 5.16 Å². The van der Waals surface area contributed by atoms with E-state index in [1.54, 1.807) is 7.05 Å². The standard InChI is InChI=1S/C12H18N4S/c1-8-9(2)15-11(16-10(8)3)17-7-12(4,6-13)14-5/h14H,7H2,1-5H3. The maximum atomic E-state index is 9.05. The summed E-state index contributed by atoms with van der Waals surface area (Å²) < 4.78 is 0. The molecule has 0 aliphatic carbocycles. The molecule has 0 saturated carbocycles. The lowest BCUT2D eigenvalue weighted by Crippen LogP contribution is -2.40. The first kappa shape index (κ1) is 13.9. The van der Waals surface area contributed by atoms with Crippen molar-refractivity contribution in [3.05, 3.63) is 17.0 Å². The maximum absolute atomic E-state index is 9.05. The molecule has 0 spiro atoms. The van der Waals surface area contributed by atoms with E-state index in [0.717, 1.165) is 22.1 Å². The maximum Gasteiger partial charge on any atom is 0.188 e. The quantitative estimate of drug-likeness (QED) is 0.654. The van der Waals surface area contributed by atoms with E-state index in [0.29, 0.717) is 5.75 Å². The van der Waals surface area contributed by atoms with Crippen molar-refractivity contribution < 1.29 is 0 Å². The number of aryl methyl sites for hydroxylation is 2. The van der Waals surface area contributed by atoms with Gasteiger partial charge in [0.1, 0.15) is 5.54 Å². The van der Waals surface area contributed by atoms with Crippen LogP contribution in [0.5, 0.6) is 0 Å². The molecule has 0 fully saturated rings. The van der Waals surface area contributed by atoms with Gasteiger partial charge in [-0.05, 0) is 40.3 Å². The van der Waals surface area contributed by atoms with Gasteiger partial charge in [-0.2, -0.15) is 5.26 Å². The van der Waals surface area contributed by atoms with Crippen molar-refractivity contribution in [2.24, 2.45) is 0 Å². The van der Waals surface area contributed by atoms with Gasteiger partial charge in [-0.1, -0.05) is 11.8 Å². The van der Waals surface area contributed by atoms with Crippen LogP contribution in [0.25, 0.3) is 0 Å². The number of nitrogens with one attached hydrogen (secondary N) is 1. The Labute approximate surface area is 107 Å². The van der Waals surface area contributed by atoms with Crippen LogP contribution in [0.2, 0.25) is 0 Å². The fourth-order valence-electron chi connectivity index (χ4n) is 1.18. The van der Waals surface area contributed by atoms with E-state index in [1.165, 1.54) is 11.8 Å². The zero-order valence-electron chi connectivity index (χ0n) is 11.0. The van der Waals surface area contributed by atoms with Crippen LogP contribution >= 0.6 is 11.8 Å². The minimum atomic E-state index is -0.541. The second-order valence-electron chi connectivity index (χ2n) is 4.28. The van der Waals surface area contributed by atoms with Gasteiger partial charge in [-0.25, -0.2) is 9.97 Å². The Bertz CT molecular complexity index is 429. The lowest BCUT2D eigenvalue weighted by molar-refractivity contribution is 0.550. The van der Waals surface area contributed by atoms with Crippen molar-refractivity contribution in [2.75, 3.05) is 12.8 Å². The van der Waals surface area contributed by atoms with Gasteiger partial charge in [0.25, 0.3) is 0 Å². The van der Waals surface area contributed by atoms with E-state index in [4.69, 9.17) is 5.26 Å². The second kappa shape index (κ2) is 5.48. The molecule has 1 rings (SSSR count). The largest absolute Gasteiger partial charge is 0.302 e. The molecular weight excluding hydrogens is 232 g/mol. The third-order valence-corrected chi connectivity index (χ3v) is 4.06. The second-order valence-corrected chi connectivity index (χ2v) is 5.23. The fraction of sp³-hybridized carbons (Fsp3) is 0.583. The molecule has 1 aromatic rings. The molecule has 0 aliphatic heterocycles. The minimum absolute atomic E-state index is 0.541. The van der Waals surface area contributed by atoms with Crippen LogP contribution in [0.1, 0.15) is 23.9 Å². The zero-order valence-corrected chi connectivity index (χ0v) is 11.8. The molecule has 1 unspecified atom stereocenters. The summed E-state index contributed by atoms with van der Waals surface area (Å²) in [5.41, 5.74) is 2.60. The first-order valence-corrected chi connectivity index (χ1v) is 6.45. The number of aromatic nitrogens is 2. The highest BCUT2D eigenvalue weighted by molar-refractivity contribution is 7.99. The SMILES string of the molecule is CNC(C)(C#N)CSc1nc(C)c(C)c(C)n1. The van der Waals surface area contributed by atoms with E-state index >= 15 is 0 Å². The Hall–Kier alpha value is -1.12. The summed E-state index contributed by atoms with van der Waals surface area (Å²) in [7, 11) is 1.79. The fourth-order valence-corrected chi connectivity index (χ4v) is 2.20. The summed E-state index contributed by atoms with van der Waals surface area (Å²) in [6.07, 6.45) is 0. The normalized spacial score (nSPS) is 14.1. The number of nitriles is 1. The number of hydrogen-bond acceptors (Lipinski definition) is 5. The predicted molar refractivity (Wildman–Crippen MR) is 70.0 cm³/mol. The number of hydrogen-bond donors (Lipinski definition) is 1. The first-order chi connectivity index (χ1) is 7.91. The van der Waals surface area contributed by atoms with Crippen molar-refractivity contribution >= 4 is 11.8 Å². The number of nitrogens with zero attached hydrogens (tertiary/aromatic N) is 3. The Morgan fingerprint density at radius 1 is 1.29 bits per heavy atom. The summed E-state index contributed by atoms with van der Waals surface area (Å²) in [4.78, 5) is 8.84. The monoisotopic (exact) mass is 250 g/mol. The minimum Gasteiger partial charge on any atom is -0.302 e. The molecule has 92 valence electrons. The molecule has 1 heterocycles. The summed E-state index contributed by atoms with van der Waals surface area (Å²) in [5, 5.41) is 12.8. The Morgan fingerprint density at radius 2 is 1.82 bits per heavy atom. The van der Waals surface area contributed by atoms with Crippen molar-refractivity contribution in [1.29, 1.82) is 5.26 Å². The van der Waals surface area contributed by atoms with E-state index in [2.05, 4.69) is 21.4 Å². The summed E-state index contributed by atoms with van der Waals surface area (Å²) in [6, 6.07) is 2.25. The third kappa shape index (κ3) is 3.42. The highest BCUT2D eigenvalue weighted by Crippen LogP contribution is 2.21. The number of rotatable bonds is 4. The average molecular weight is 250 g/mol. The third-order valence-electron chi connectivity index (χ3n) is 2.90. The lowest BCUT2D eigenvalue weighted by Gasteiger charge is -2.19. The van der Waals surface area contributed by atoms with Crippen LogP contribution < -0.4 is 5.32 Å². The molecule has 17 heavy (non-hydrogen) atoms. The summed E-state index contributed by atoms with van der Waals surface area (Å²) in [6.45, 7) is 7.85. The molecule has 0 radical (unpaired) electrons. The van der Waals surface area contributed by atoms with E-state index < -0.39 is 5.54 Å². The van der Waals surface area contributed by atoms with Gasteiger partial charge in [-0.15, -0.1) is 0 Å². The highest BCUT2D eigenvalue weighted by Gasteiger charge is 2.22. The Balaban J connectivity index is 2.81. The molecular formula is C12H18N4S. The van der Waals surface area contributed by atoms with Crippen molar-refractivity contribution in [3.8, 4) is 6.07 Å². The molecule has 0 aromatic carbocycles. The van der Waals surface area contributed by atoms with Gasteiger partial charge < -0.3 is 5.32 Å². The van der Waals surface area contributed by atoms with Crippen molar-refractivity contribution in [2.45, 2.75) is 38.4 Å². The van der Waals surface area contributed by atoms with Gasteiger partial charge in [0, 0.05) is 17.1 Å². The van der Waals surface area contributed by atoms with Crippen molar-refractivity contribution in [3.63, 3.8) is 0 Å². The Kier molecular flexibility index (Phi) is 4.49. The van der Waals surface area contributed by atoms with Gasteiger partial charge >= 0.3 is 0 Å².